The van der Waals surface area contributed by atoms with Crippen molar-refractivity contribution in [3.8, 4) is 0 Å². The van der Waals surface area contributed by atoms with Gasteiger partial charge in [0.1, 0.15) is 0 Å². The Morgan fingerprint density at radius 1 is 1.23 bits per heavy atom. The largest absolute Gasteiger partial charge is 0.481 e. The molecule has 0 spiro atoms. The van der Waals surface area contributed by atoms with Crippen LogP contribution >= 0.6 is 0 Å². The number of carboxylic acid groups (broad SMARTS) is 1. The molecule has 0 saturated heterocycles. The molecule has 1 aliphatic rings. The second-order valence-electron chi connectivity index (χ2n) is 6.53. The van der Waals surface area contributed by atoms with Crippen LogP contribution in [0.4, 0.5) is 0 Å². The Balaban J connectivity index is 2.10. The molecule has 0 bridgehead atoms. The van der Waals surface area contributed by atoms with E-state index in [2.05, 4.69) is 0 Å². The second-order valence-corrected chi connectivity index (χ2v) is 6.53. The van der Waals surface area contributed by atoms with Crippen LogP contribution in [0.1, 0.15) is 44.2 Å². The topological polar surface area (TPSA) is 57.6 Å². The van der Waals surface area contributed by atoms with Gasteiger partial charge in [0.2, 0.25) is 5.91 Å². The van der Waals surface area contributed by atoms with Crippen LogP contribution < -0.4 is 0 Å². The Labute approximate surface area is 132 Å². The summed E-state index contributed by atoms with van der Waals surface area (Å²) < 4.78 is 0. The molecule has 4 heteroatoms. The van der Waals surface area contributed by atoms with Crippen molar-refractivity contribution in [1.82, 2.24) is 4.90 Å². The van der Waals surface area contributed by atoms with Crippen molar-refractivity contribution in [2.45, 2.75) is 52.6 Å². The summed E-state index contributed by atoms with van der Waals surface area (Å²) >= 11 is 0. The lowest BCUT2D eigenvalue weighted by molar-refractivity contribution is -0.142. The summed E-state index contributed by atoms with van der Waals surface area (Å²) in [5.74, 6) is -1.18. The van der Waals surface area contributed by atoms with Crippen LogP contribution in [0.15, 0.2) is 24.3 Å². The van der Waals surface area contributed by atoms with Crippen molar-refractivity contribution in [1.29, 1.82) is 0 Å². The SMILES string of the molecule is Cc1ccccc1CN(C(=O)[C@H]1CC[C@@H](C(=O)O)C1)C(C)C. The quantitative estimate of drug-likeness (QED) is 0.908. The molecule has 2 rings (SSSR count). The maximum atomic E-state index is 12.8. The number of carboxylic acids is 1. The molecule has 1 aliphatic carbocycles. The second kappa shape index (κ2) is 6.95. The zero-order chi connectivity index (χ0) is 16.3. The number of amides is 1. The van der Waals surface area contributed by atoms with E-state index in [0.29, 0.717) is 25.8 Å². The number of aliphatic carboxylic acids is 1. The summed E-state index contributed by atoms with van der Waals surface area (Å²) in [7, 11) is 0. The fraction of sp³-hybridized carbons (Fsp3) is 0.556. The van der Waals surface area contributed by atoms with Gasteiger partial charge in [-0.15, -0.1) is 0 Å². The normalized spacial score (nSPS) is 21.1. The monoisotopic (exact) mass is 303 g/mol. The number of hydrogen-bond acceptors (Lipinski definition) is 2. The van der Waals surface area contributed by atoms with E-state index in [0.717, 1.165) is 5.56 Å². The lowest BCUT2D eigenvalue weighted by Gasteiger charge is -2.30. The molecule has 0 aromatic heterocycles. The zero-order valence-corrected chi connectivity index (χ0v) is 13.6. The van der Waals surface area contributed by atoms with Gasteiger partial charge in [-0.25, -0.2) is 0 Å². The summed E-state index contributed by atoms with van der Waals surface area (Å²) in [5.41, 5.74) is 2.33. The first-order chi connectivity index (χ1) is 10.4. The van der Waals surface area contributed by atoms with Gasteiger partial charge in [0, 0.05) is 18.5 Å². The third-order valence-corrected chi connectivity index (χ3v) is 4.64. The number of aryl methyl sites for hydroxylation is 1. The van der Waals surface area contributed by atoms with Gasteiger partial charge in [-0.2, -0.15) is 0 Å². The van der Waals surface area contributed by atoms with Gasteiger partial charge < -0.3 is 10.0 Å². The summed E-state index contributed by atoms with van der Waals surface area (Å²) in [6.07, 6.45) is 1.78. The number of carbonyl (C=O) groups excluding carboxylic acids is 1. The molecule has 1 saturated carbocycles. The third-order valence-electron chi connectivity index (χ3n) is 4.64. The highest BCUT2D eigenvalue weighted by atomic mass is 16.4. The number of rotatable bonds is 5. The van der Waals surface area contributed by atoms with E-state index in [9.17, 15) is 9.59 Å². The van der Waals surface area contributed by atoms with Crippen LogP contribution in [-0.4, -0.2) is 27.9 Å². The van der Waals surface area contributed by atoms with E-state index < -0.39 is 5.97 Å². The van der Waals surface area contributed by atoms with Gasteiger partial charge >= 0.3 is 5.97 Å². The number of hydrogen-bond donors (Lipinski definition) is 1. The molecule has 120 valence electrons. The first-order valence-electron chi connectivity index (χ1n) is 7.98. The summed E-state index contributed by atoms with van der Waals surface area (Å²) in [6.45, 7) is 6.67. The van der Waals surface area contributed by atoms with Crippen molar-refractivity contribution in [3.05, 3.63) is 35.4 Å². The summed E-state index contributed by atoms with van der Waals surface area (Å²) in [6, 6.07) is 8.19. The van der Waals surface area contributed by atoms with E-state index in [-0.39, 0.29) is 23.8 Å². The van der Waals surface area contributed by atoms with Gasteiger partial charge in [-0.1, -0.05) is 24.3 Å². The van der Waals surface area contributed by atoms with Gasteiger partial charge in [0.15, 0.2) is 0 Å². The van der Waals surface area contributed by atoms with E-state index in [4.69, 9.17) is 5.11 Å². The molecule has 0 aliphatic heterocycles. The molecular formula is C18H25NO3. The van der Waals surface area contributed by atoms with Crippen molar-refractivity contribution >= 4 is 11.9 Å². The van der Waals surface area contributed by atoms with Crippen LogP contribution in [0.2, 0.25) is 0 Å². The summed E-state index contributed by atoms with van der Waals surface area (Å²) in [5, 5.41) is 9.11. The fourth-order valence-electron chi connectivity index (χ4n) is 3.15. The molecular weight excluding hydrogens is 278 g/mol. The highest BCUT2D eigenvalue weighted by molar-refractivity contribution is 5.81. The maximum Gasteiger partial charge on any atom is 0.306 e. The molecule has 0 unspecified atom stereocenters. The molecule has 22 heavy (non-hydrogen) atoms. The van der Waals surface area contributed by atoms with Gasteiger partial charge in [0.25, 0.3) is 0 Å². The van der Waals surface area contributed by atoms with Crippen LogP contribution in [0.25, 0.3) is 0 Å². The Morgan fingerprint density at radius 2 is 1.86 bits per heavy atom. The number of benzene rings is 1. The minimum absolute atomic E-state index is 0.0991. The molecule has 1 aromatic rings. The first-order valence-corrected chi connectivity index (χ1v) is 7.98. The van der Waals surface area contributed by atoms with Crippen LogP contribution in [0.3, 0.4) is 0 Å². The Morgan fingerprint density at radius 3 is 2.41 bits per heavy atom. The van der Waals surface area contributed by atoms with Crippen molar-refractivity contribution in [2.75, 3.05) is 0 Å². The molecule has 1 aromatic carbocycles. The van der Waals surface area contributed by atoms with Crippen molar-refractivity contribution in [2.24, 2.45) is 11.8 Å². The van der Waals surface area contributed by atoms with E-state index >= 15 is 0 Å². The van der Waals surface area contributed by atoms with Gasteiger partial charge in [-0.3, -0.25) is 9.59 Å². The predicted octanol–water partition coefficient (Wildman–Crippen LogP) is 3.23. The Bertz CT molecular complexity index is 553. The number of nitrogens with zero attached hydrogens (tertiary/aromatic N) is 1. The standard InChI is InChI=1S/C18H25NO3/c1-12(2)19(11-16-7-5-4-6-13(16)3)17(20)14-8-9-15(10-14)18(21)22/h4-7,12,14-15H,8-11H2,1-3H3,(H,21,22)/t14-,15+/m0/s1. The van der Waals surface area contributed by atoms with E-state index in [1.54, 1.807) is 0 Å². The Hall–Kier alpha value is -1.84. The van der Waals surface area contributed by atoms with Gasteiger partial charge in [0.05, 0.1) is 5.92 Å². The Kier molecular flexibility index (Phi) is 5.22. The molecule has 0 radical (unpaired) electrons. The zero-order valence-electron chi connectivity index (χ0n) is 13.6. The van der Waals surface area contributed by atoms with Crippen LogP contribution in [-0.2, 0) is 16.1 Å². The first kappa shape index (κ1) is 16.5. The molecule has 2 atom stereocenters. The lowest BCUT2D eigenvalue weighted by atomic mass is 10.0. The van der Waals surface area contributed by atoms with Crippen molar-refractivity contribution in [3.63, 3.8) is 0 Å². The molecule has 1 N–H and O–H groups in total. The van der Waals surface area contributed by atoms with Crippen LogP contribution in [0, 0.1) is 18.8 Å². The maximum absolute atomic E-state index is 12.8. The van der Waals surface area contributed by atoms with E-state index in [1.165, 1.54) is 5.56 Å². The number of carbonyl (C=O) groups is 2. The molecule has 0 heterocycles. The molecule has 1 fully saturated rings. The lowest BCUT2D eigenvalue weighted by Crippen LogP contribution is -2.40. The molecule has 1 amide bonds. The van der Waals surface area contributed by atoms with Gasteiger partial charge in [-0.05, 0) is 51.2 Å². The predicted molar refractivity (Wildman–Crippen MR) is 85.3 cm³/mol. The fourth-order valence-corrected chi connectivity index (χ4v) is 3.15. The average molecular weight is 303 g/mol. The van der Waals surface area contributed by atoms with Crippen LogP contribution in [0.5, 0.6) is 0 Å². The average Bonchev–Trinajstić information content (AvgIpc) is 2.95. The highest BCUT2D eigenvalue weighted by Gasteiger charge is 2.36. The minimum atomic E-state index is -0.773. The highest BCUT2D eigenvalue weighted by Crippen LogP contribution is 2.33. The van der Waals surface area contributed by atoms with Crippen molar-refractivity contribution < 1.29 is 14.7 Å². The molecule has 4 nitrogen and oxygen atoms in total. The van der Waals surface area contributed by atoms with E-state index in [1.807, 2.05) is 49.9 Å². The summed E-state index contributed by atoms with van der Waals surface area (Å²) in [4.78, 5) is 25.8. The third kappa shape index (κ3) is 3.67. The minimum Gasteiger partial charge on any atom is -0.481 e. The smallest absolute Gasteiger partial charge is 0.306 e.